The minimum absolute atomic E-state index is 0.0229. The van der Waals surface area contributed by atoms with E-state index in [0.29, 0.717) is 13.0 Å². The van der Waals surface area contributed by atoms with E-state index in [1.54, 1.807) is 0 Å². The van der Waals surface area contributed by atoms with Gasteiger partial charge in [0.25, 0.3) is 0 Å². The Morgan fingerprint density at radius 3 is 2.62 bits per heavy atom. The normalized spacial score (nSPS) is 18.1. The van der Waals surface area contributed by atoms with Crippen LogP contribution in [0.25, 0.3) is 0 Å². The van der Waals surface area contributed by atoms with Crippen molar-refractivity contribution in [3.8, 4) is 0 Å². The largest absolute Gasteiger partial charge is 0.418 e. The number of amides is 1. The first-order chi connectivity index (χ1) is 12.3. The first kappa shape index (κ1) is 18.7. The van der Waals surface area contributed by atoms with Crippen molar-refractivity contribution in [2.45, 2.75) is 19.1 Å². The lowest BCUT2D eigenvalue weighted by molar-refractivity contribution is -0.137. The third kappa shape index (κ3) is 4.56. The van der Waals surface area contributed by atoms with E-state index in [9.17, 15) is 18.0 Å². The van der Waals surface area contributed by atoms with Crippen LogP contribution in [-0.4, -0.2) is 23.9 Å². The summed E-state index contributed by atoms with van der Waals surface area (Å²) < 4.78 is 39.4. The van der Waals surface area contributed by atoms with Crippen LogP contribution in [0.15, 0.2) is 48.5 Å². The Hall–Kier alpha value is -2.05. The molecule has 0 aromatic heterocycles. The maximum absolute atomic E-state index is 13.1. The van der Waals surface area contributed by atoms with E-state index in [1.165, 1.54) is 12.1 Å². The summed E-state index contributed by atoms with van der Waals surface area (Å²) >= 11 is 5.66. The smallest absolute Gasteiger partial charge is 0.325 e. The van der Waals surface area contributed by atoms with E-state index >= 15 is 0 Å². The summed E-state index contributed by atoms with van der Waals surface area (Å²) in [4.78, 5) is 14.6. The highest BCUT2D eigenvalue weighted by molar-refractivity contribution is 6.30. The predicted molar refractivity (Wildman–Crippen MR) is 94.9 cm³/mol. The van der Waals surface area contributed by atoms with Gasteiger partial charge < -0.3 is 5.32 Å². The standard InChI is InChI=1S/C19H18ClF3N2O/c20-15-6-7-17(16(10-15)19(21,22)23)24-18(26)14-8-9-25(12-14)11-13-4-2-1-3-5-13/h1-7,10,14H,8-9,11-12H2,(H,24,26). The van der Waals surface area contributed by atoms with Gasteiger partial charge in [-0.2, -0.15) is 13.2 Å². The van der Waals surface area contributed by atoms with E-state index in [-0.39, 0.29) is 16.6 Å². The average Bonchev–Trinajstić information content (AvgIpc) is 3.05. The third-order valence-corrected chi connectivity index (χ3v) is 4.67. The summed E-state index contributed by atoms with van der Waals surface area (Å²) in [5.74, 6) is -0.733. The van der Waals surface area contributed by atoms with Crippen LogP contribution in [-0.2, 0) is 17.5 Å². The van der Waals surface area contributed by atoms with Crippen LogP contribution < -0.4 is 5.32 Å². The van der Waals surface area contributed by atoms with Gasteiger partial charge in [0, 0.05) is 18.1 Å². The summed E-state index contributed by atoms with van der Waals surface area (Å²) in [6, 6.07) is 13.2. The van der Waals surface area contributed by atoms with Crippen LogP contribution in [0.5, 0.6) is 0 Å². The van der Waals surface area contributed by atoms with Crippen LogP contribution in [0.2, 0.25) is 5.02 Å². The number of anilines is 1. The predicted octanol–water partition coefficient (Wildman–Crippen LogP) is 4.82. The average molecular weight is 383 g/mol. The summed E-state index contributed by atoms with van der Waals surface area (Å²) in [7, 11) is 0. The molecular weight excluding hydrogens is 365 g/mol. The zero-order valence-corrected chi connectivity index (χ0v) is 14.6. The molecule has 138 valence electrons. The van der Waals surface area contributed by atoms with Gasteiger partial charge in [0.15, 0.2) is 0 Å². The summed E-state index contributed by atoms with van der Waals surface area (Å²) in [6.07, 6.45) is -3.96. The lowest BCUT2D eigenvalue weighted by Gasteiger charge is -2.18. The molecule has 7 heteroatoms. The SMILES string of the molecule is O=C(Nc1ccc(Cl)cc1C(F)(F)F)C1CCN(Cc2ccccc2)C1. The van der Waals surface area contributed by atoms with Crippen molar-refractivity contribution in [3.63, 3.8) is 0 Å². The second-order valence-corrected chi connectivity index (χ2v) is 6.82. The number of halogens is 4. The highest BCUT2D eigenvalue weighted by atomic mass is 35.5. The fraction of sp³-hybridized carbons (Fsp3) is 0.316. The number of carbonyl (C=O) groups excluding carboxylic acids is 1. The zero-order valence-electron chi connectivity index (χ0n) is 13.9. The van der Waals surface area contributed by atoms with E-state index in [0.717, 1.165) is 24.7 Å². The van der Waals surface area contributed by atoms with Crippen LogP contribution in [0.1, 0.15) is 17.5 Å². The number of nitrogens with one attached hydrogen (secondary N) is 1. The first-order valence-electron chi connectivity index (χ1n) is 8.27. The van der Waals surface area contributed by atoms with Crippen molar-refractivity contribution in [3.05, 3.63) is 64.7 Å². The highest BCUT2D eigenvalue weighted by Gasteiger charge is 2.35. The Morgan fingerprint density at radius 1 is 1.19 bits per heavy atom. The van der Waals surface area contributed by atoms with Gasteiger partial charge in [-0.05, 0) is 36.7 Å². The Morgan fingerprint density at radius 2 is 1.92 bits per heavy atom. The number of alkyl halides is 3. The number of rotatable bonds is 4. The molecule has 0 saturated carbocycles. The fourth-order valence-electron chi connectivity index (χ4n) is 3.13. The molecule has 0 bridgehead atoms. The first-order valence-corrected chi connectivity index (χ1v) is 8.64. The van der Waals surface area contributed by atoms with Crippen LogP contribution in [0, 0.1) is 5.92 Å². The number of hydrogen-bond acceptors (Lipinski definition) is 2. The van der Waals surface area contributed by atoms with Crippen molar-refractivity contribution < 1.29 is 18.0 Å². The van der Waals surface area contributed by atoms with Gasteiger partial charge in [0.1, 0.15) is 0 Å². The zero-order chi connectivity index (χ0) is 18.7. The van der Waals surface area contributed by atoms with Crippen molar-refractivity contribution in [2.75, 3.05) is 18.4 Å². The molecular formula is C19H18ClF3N2O. The van der Waals surface area contributed by atoms with Gasteiger partial charge in [-0.15, -0.1) is 0 Å². The number of carbonyl (C=O) groups is 1. The van der Waals surface area contributed by atoms with Crippen molar-refractivity contribution in [1.29, 1.82) is 0 Å². The number of benzene rings is 2. The Balaban J connectivity index is 1.64. The second-order valence-electron chi connectivity index (χ2n) is 6.38. The van der Waals surface area contributed by atoms with E-state index in [1.807, 2.05) is 30.3 Å². The molecule has 1 amide bonds. The number of nitrogens with zero attached hydrogens (tertiary/aromatic N) is 1. The molecule has 1 atom stereocenters. The molecule has 1 saturated heterocycles. The maximum atomic E-state index is 13.1. The molecule has 2 aromatic carbocycles. The second kappa shape index (κ2) is 7.68. The molecule has 0 radical (unpaired) electrons. The molecule has 3 rings (SSSR count). The monoisotopic (exact) mass is 382 g/mol. The molecule has 2 aromatic rings. The van der Waals surface area contributed by atoms with Gasteiger partial charge in [0.2, 0.25) is 5.91 Å². The van der Waals surface area contributed by atoms with Gasteiger partial charge in [-0.3, -0.25) is 9.69 Å². The fourth-order valence-corrected chi connectivity index (χ4v) is 3.30. The van der Waals surface area contributed by atoms with Crippen molar-refractivity contribution in [1.82, 2.24) is 4.90 Å². The Kier molecular flexibility index (Phi) is 5.53. The summed E-state index contributed by atoms with van der Waals surface area (Å²) in [5.41, 5.74) is -0.0449. The minimum Gasteiger partial charge on any atom is -0.325 e. The molecule has 26 heavy (non-hydrogen) atoms. The highest BCUT2D eigenvalue weighted by Crippen LogP contribution is 2.37. The minimum atomic E-state index is -4.58. The lowest BCUT2D eigenvalue weighted by atomic mass is 10.1. The maximum Gasteiger partial charge on any atom is 0.418 e. The lowest BCUT2D eigenvalue weighted by Crippen LogP contribution is -2.27. The van der Waals surface area contributed by atoms with Gasteiger partial charge >= 0.3 is 6.18 Å². The molecule has 1 N–H and O–H groups in total. The molecule has 1 heterocycles. The molecule has 0 spiro atoms. The molecule has 1 unspecified atom stereocenters. The van der Waals surface area contributed by atoms with E-state index < -0.39 is 17.6 Å². The third-order valence-electron chi connectivity index (χ3n) is 4.44. The molecule has 1 fully saturated rings. The van der Waals surface area contributed by atoms with Crippen molar-refractivity contribution >= 4 is 23.2 Å². The van der Waals surface area contributed by atoms with Gasteiger partial charge in [-0.1, -0.05) is 41.9 Å². The molecule has 3 nitrogen and oxygen atoms in total. The van der Waals surface area contributed by atoms with Crippen LogP contribution in [0.4, 0.5) is 18.9 Å². The summed E-state index contributed by atoms with van der Waals surface area (Å²) in [5, 5.41) is 2.40. The van der Waals surface area contributed by atoms with Crippen molar-refractivity contribution in [2.24, 2.45) is 5.92 Å². The Labute approximate surface area is 154 Å². The van der Waals surface area contributed by atoms with Gasteiger partial charge in [-0.25, -0.2) is 0 Å². The quantitative estimate of drug-likeness (QED) is 0.822. The molecule has 0 aliphatic carbocycles. The topological polar surface area (TPSA) is 32.3 Å². The van der Waals surface area contributed by atoms with Crippen LogP contribution in [0.3, 0.4) is 0 Å². The number of hydrogen-bond donors (Lipinski definition) is 1. The van der Waals surface area contributed by atoms with E-state index in [2.05, 4.69) is 10.2 Å². The van der Waals surface area contributed by atoms with E-state index in [4.69, 9.17) is 11.6 Å². The summed E-state index contributed by atoms with van der Waals surface area (Å²) in [6.45, 7) is 1.98. The van der Waals surface area contributed by atoms with Gasteiger partial charge in [0.05, 0.1) is 17.2 Å². The molecule has 1 aliphatic heterocycles. The Bertz CT molecular complexity index is 780. The number of likely N-dealkylation sites (tertiary alicyclic amines) is 1. The van der Waals surface area contributed by atoms with Crippen LogP contribution >= 0.6 is 11.6 Å². The molecule has 1 aliphatic rings.